The zero-order valence-corrected chi connectivity index (χ0v) is 16.2. The Morgan fingerprint density at radius 2 is 1.70 bits per heavy atom. The van der Waals surface area contributed by atoms with Gasteiger partial charge in [-0.2, -0.15) is 0 Å². The number of benzene rings is 1. The summed E-state index contributed by atoms with van der Waals surface area (Å²) >= 11 is 0. The number of carbonyl (C=O) groups is 1. The molecule has 1 atom stereocenters. The fourth-order valence-corrected chi connectivity index (χ4v) is 5.30. The maximum atomic E-state index is 13.4. The first-order chi connectivity index (χ1) is 13.3. The van der Waals surface area contributed by atoms with Gasteiger partial charge in [-0.25, -0.2) is 0 Å². The highest BCUT2D eigenvalue weighted by Crippen LogP contribution is 2.38. The van der Waals surface area contributed by atoms with Crippen molar-refractivity contribution in [1.29, 1.82) is 0 Å². The van der Waals surface area contributed by atoms with Gasteiger partial charge in [0.2, 0.25) is 0 Å². The Bertz CT molecular complexity index is 766. The van der Waals surface area contributed by atoms with Gasteiger partial charge in [-0.15, -0.1) is 0 Å². The molecule has 0 spiro atoms. The summed E-state index contributed by atoms with van der Waals surface area (Å²) in [6.07, 6.45) is 14.3. The van der Waals surface area contributed by atoms with E-state index < -0.39 is 0 Å². The van der Waals surface area contributed by atoms with E-state index in [0.29, 0.717) is 18.0 Å². The van der Waals surface area contributed by atoms with E-state index in [1.54, 1.807) is 0 Å². The Morgan fingerprint density at radius 3 is 2.44 bits per heavy atom. The van der Waals surface area contributed by atoms with Gasteiger partial charge in [0.25, 0.3) is 5.91 Å². The average molecular weight is 363 g/mol. The first-order valence-corrected chi connectivity index (χ1v) is 10.9. The fourth-order valence-electron chi connectivity index (χ4n) is 5.30. The number of aliphatic imine (C=N–C) groups is 1. The van der Waals surface area contributed by atoms with Crippen molar-refractivity contribution in [1.82, 2.24) is 4.90 Å². The first-order valence-electron chi connectivity index (χ1n) is 10.9. The molecular weight excluding hydrogens is 332 g/mol. The molecule has 5 rings (SSSR count). The molecule has 27 heavy (non-hydrogen) atoms. The topological polar surface area (TPSA) is 32.7 Å². The van der Waals surface area contributed by atoms with Gasteiger partial charge in [-0.05, 0) is 79.7 Å². The van der Waals surface area contributed by atoms with Crippen LogP contribution in [0.15, 0.2) is 40.4 Å². The molecule has 3 nitrogen and oxygen atoms in total. The highest BCUT2D eigenvalue weighted by atomic mass is 16.2. The Kier molecular flexibility index (Phi) is 4.63. The SMILES string of the molecule is O=C(c1ccc(C2CCCCC2)cc1)N(C1CC1)C1CCC2=C(C=NC2)C1. The van der Waals surface area contributed by atoms with Crippen LogP contribution in [0.3, 0.4) is 0 Å². The number of rotatable bonds is 4. The molecule has 1 unspecified atom stereocenters. The van der Waals surface area contributed by atoms with E-state index in [0.717, 1.165) is 31.4 Å². The van der Waals surface area contributed by atoms with Gasteiger partial charge >= 0.3 is 0 Å². The quantitative estimate of drug-likeness (QED) is 0.718. The molecule has 0 bridgehead atoms. The van der Waals surface area contributed by atoms with Crippen molar-refractivity contribution in [2.24, 2.45) is 4.99 Å². The summed E-state index contributed by atoms with van der Waals surface area (Å²) in [6.45, 7) is 0.891. The molecule has 1 aromatic rings. The van der Waals surface area contributed by atoms with Gasteiger partial charge in [0.1, 0.15) is 0 Å². The largest absolute Gasteiger partial charge is 0.332 e. The van der Waals surface area contributed by atoms with Gasteiger partial charge in [0.05, 0.1) is 6.54 Å². The number of nitrogens with zero attached hydrogens (tertiary/aromatic N) is 2. The van der Waals surface area contributed by atoms with Gasteiger partial charge in [0.15, 0.2) is 0 Å². The molecule has 1 aliphatic heterocycles. The summed E-state index contributed by atoms with van der Waals surface area (Å²) < 4.78 is 0. The van der Waals surface area contributed by atoms with Gasteiger partial charge in [-0.1, -0.05) is 31.4 Å². The van der Waals surface area contributed by atoms with Gasteiger partial charge in [-0.3, -0.25) is 9.79 Å². The van der Waals surface area contributed by atoms with Crippen molar-refractivity contribution < 1.29 is 4.79 Å². The second-order valence-corrected chi connectivity index (χ2v) is 8.90. The lowest BCUT2D eigenvalue weighted by atomic mass is 9.84. The minimum absolute atomic E-state index is 0.247. The lowest BCUT2D eigenvalue weighted by molar-refractivity contribution is 0.0645. The van der Waals surface area contributed by atoms with Crippen molar-refractivity contribution in [3.63, 3.8) is 0 Å². The molecule has 2 saturated carbocycles. The van der Waals surface area contributed by atoms with E-state index >= 15 is 0 Å². The monoisotopic (exact) mass is 362 g/mol. The Morgan fingerprint density at radius 1 is 0.926 bits per heavy atom. The predicted octanol–water partition coefficient (Wildman–Crippen LogP) is 5.27. The predicted molar refractivity (Wildman–Crippen MR) is 109 cm³/mol. The van der Waals surface area contributed by atoms with Crippen molar-refractivity contribution in [2.75, 3.05) is 6.54 Å². The summed E-state index contributed by atoms with van der Waals surface area (Å²) in [4.78, 5) is 20.0. The molecular formula is C24H30N2O. The molecule has 0 radical (unpaired) electrons. The molecule has 1 heterocycles. The summed E-state index contributed by atoms with van der Waals surface area (Å²) in [6, 6.07) is 9.43. The van der Waals surface area contributed by atoms with Crippen LogP contribution in [0.25, 0.3) is 0 Å². The Labute approximate surface area is 162 Å². The third kappa shape index (κ3) is 3.49. The number of amides is 1. The van der Waals surface area contributed by atoms with E-state index in [4.69, 9.17) is 0 Å². The maximum absolute atomic E-state index is 13.4. The average Bonchev–Trinajstić information content (AvgIpc) is 3.44. The van der Waals surface area contributed by atoms with Crippen LogP contribution in [0.4, 0.5) is 0 Å². The summed E-state index contributed by atoms with van der Waals surface area (Å²) in [5.41, 5.74) is 5.21. The fraction of sp³-hybridized carbons (Fsp3) is 0.583. The molecule has 0 saturated heterocycles. The van der Waals surface area contributed by atoms with Crippen molar-refractivity contribution in [3.05, 3.63) is 46.5 Å². The van der Waals surface area contributed by atoms with Crippen LogP contribution in [-0.2, 0) is 0 Å². The van der Waals surface area contributed by atoms with Crippen molar-refractivity contribution in [3.8, 4) is 0 Å². The number of hydrogen-bond donors (Lipinski definition) is 0. The molecule has 1 amide bonds. The Balaban J connectivity index is 1.32. The summed E-state index contributed by atoms with van der Waals surface area (Å²) in [5.74, 6) is 0.949. The van der Waals surface area contributed by atoms with E-state index in [9.17, 15) is 4.79 Å². The van der Waals surface area contributed by atoms with Crippen LogP contribution in [0.1, 0.15) is 86.0 Å². The third-order valence-corrected chi connectivity index (χ3v) is 7.02. The number of carbonyl (C=O) groups excluding carboxylic acids is 1. The third-order valence-electron chi connectivity index (χ3n) is 7.02. The van der Waals surface area contributed by atoms with Crippen LogP contribution >= 0.6 is 0 Å². The summed E-state index contributed by atoms with van der Waals surface area (Å²) in [5, 5.41) is 0. The second kappa shape index (κ2) is 7.26. The summed E-state index contributed by atoms with van der Waals surface area (Å²) in [7, 11) is 0. The number of hydrogen-bond acceptors (Lipinski definition) is 2. The van der Waals surface area contributed by atoms with E-state index in [1.807, 2.05) is 0 Å². The lowest BCUT2D eigenvalue weighted by Gasteiger charge is -2.35. The van der Waals surface area contributed by atoms with Crippen molar-refractivity contribution >= 4 is 12.1 Å². The van der Waals surface area contributed by atoms with E-state index in [2.05, 4.69) is 40.4 Å². The first kappa shape index (κ1) is 17.2. The Hall–Kier alpha value is -1.90. The minimum Gasteiger partial charge on any atom is -0.332 e. The van der Waals surface area contributed by atoms with Crippen LogP contribution in [0.2, 0.25) is 0 Å². The van der Waals surface area contributed by atoms with Crippen LogP contribution < -0.4 is 0 Å². The zero-order chi connectivity index (χ0) is 18.2. The normalized spacial score (nSPS) is 25.6. The maximum Gasteiger partial charge on any atom is 0.254 e. The molecule has 142 valence electrons. The van der Waals surface area contributed by atoms with E-state index in [-0.39, 0.29) is 5.91 Å². The molecule has 0 aromatic heterocycles. The van der Waals surface area contributed by atoms with Crippen LogP contribution in [-0.4, -0.2) is 35.7 Å². The molecule has 1 aromatic carbocycles. The van der Waals surface area contributed by atoms with Crippen LogP contribution in [0, 0.1) is 0 Å². The minimum atomic E-state index is 0.247. The molecule has 3 aliphatic carbocycles. The zero-order valence-electron chi connectivity index (χ0n) is 16.2. The lowest BCUT2D eigenvalue weighted by Crippen LogP contribution is -2.43. The van der Waals surface area contributed by atoms with Gasteiger partial charge < -0.3 is 4.90 Å². The smallest absolute Gasteiger partial charge is 0.254 e. The highest BCUT2D eigenvalue weighted by molar-refractivity contribution is 5.95. The highest BCUT2D eigenvalue weighted by Gasteiger charge is 2.39. The van der Waals surface area contributed by atoms with E-state index in [1.165, 1.54) is 61.7 Å². The molecule has 3 heteroatoms. The molecule has 4 aliphatic rings. The second-order valence-electron chi connectivity index (χ2n) is 8.90. The van der Waals surface area contributed by atoms with Gasteiger partial charge in [0, 0.05) is 23.9 Å². The standard InChI is InChI=1S/C24H30N2O/c27-24(19-8-6-18(7-9-19)17-4-2-1-3-5-17)26(22-12-13-22)23-11-10-20-15-25-16-21(20)14-23/h6-9,16-17,22-23H,1-5,10-15H2. The molecule has 2 fully saturated rings. The van der Waals surface area contributed by atoms with Crippen molar-refractivity contribution in [2.45, 2.75) is 82.2 Å². The molecule has 0 N–H and O–H groups in total. The van der Waals surface area contributed by atoms with Crippen LogP contribution in [0.5, 0.6) is 0 Å².